The summed E-state index contributed by atoms with van der Waals surface area (Å²) in [6.07, 6.45) is 11.5. The molecular weight excluding hydrogens is 1790 g/mol. The van der Waals surface area contributed by atoms with Crippen LogP contribution in [0.3, 0.4) is 0 Å². The van der Waals surface area contributed by atoms with E-state index in [1.54, 1.807) is 39.1 Å². The highest BCUT2D eigenvalue weighted by Crippen LogP contribution is 2.29. The summed E-state index contributed by atoms with van der Waals surface area (Å²) in [6, 6.07) is 19.5. The number of carbonyl (C=O) groups excluding carboxylic acids is 13. The normalized spacial score (nSPS) is 12.4. The first-order valence-corrected chi connectivity index (χ1v) is 49.9. The Morgan fingerprint density at radius 3 is 1.04 bits per heavy atom. The fraction of sp³-hybridized carbons (Fsp3) is 0.585. The smallest absolute Gasteiger partial charge is 0.419 e. The predicted octanol–water partition coefficient (Wildman–Crippen LogP) is 28.0. The Morgan fingerprint density at radius 2 is 0.750 bits per heavy atom. The Hall–Kier alpha value is -9.41. The van der Waals surface area contributed by atoms with Gasteiger partial charge in [0.25, 0.3) is 0 Å². The van der Waals surface area contributed by atoms with Gasteiger partial charge in [-0.05, 0) is 149 Å². The van der Waals surface area contributed by atoms with Crippen LogP contribution in [0.5, 0.6) is 0 Å². The summed E-state index contributed by atoms with van der Waals surface area (Å²) in [5.74, 6) is 0.889. The number of ketones is 12. The van der Waals surface area contributed by atoms with Gasteiger partial charge < -0.3 is 14.5 Å². The van der Waals surface area contributed by atoms with Crippen molar-refractivity contribution in [1.29, 1.82) is 0 Å². The minimum Gasteiger partial charge on any atom is -0.444 e. The maximum Gasteiger partial charge on any atom is 0.419 e. The van der Waals surface area contributed by atoms with Crippen molar-refractivity contribution >= 4 is 92.7 Å². The zero-order valence-electron chi connectivity index (χ0n) is 93.8. The lowest BCUT2D eigenvalue weighted by Gasteiger charge is -2.45. The van der Waals surface area contributed by atoms with Gasteiger partial charge in [-0.3, -0.25) is 67.3 Å². The van der Waals surface area contributed by atoms with Crippen LogP contribution in [-0.2, 0) is 68.7 Å². The fourth-order valence-corrected chi connectivity index (χ4v) is 11.7. The number of hydrogen-bond donors (Lipinski definition) is 0. The SMILES string of the molecule is C=C(C(=O)C(C)C)C(F)(F)F.C=C(C(=O)C(C)C)c1ccccc1.C=C(CC)C(=O)C(C)C.C=C(CC)C(=O)C(C)C.C=C(CC)C(=O)C(C)C.C=C(CCC)C(=O)C(C)C.C=C(CN(C)C)C(=O)C(C)C.C=C(CN1CCCCC1)C(=O)C(C)C.C=C(Cc1ccccc1)C(=O)C(C)C.C=C(Cl)C(=O)C(C)C.CC(C)C(=O)/C=C/CCN(C)C(=O)OC(C)(C)C.CC(C)C(=O)/C=C/CN1CC(C)(C)C1. The molecule has 0 unspecified atom stereocenters. The Bertz CT molecular complexity index is 4190. The number of ether oxygens (including phenoxy) is 1. The van der Waals surface area contributed by atoms with Crippen LogP contribution in [0.25, 0.3) is 5.57 Å². The van der Waals surface area contributed by atoms with Gasteiger partial charge in [-0.2, -0.15) is 13.2 Å². The van der Waals surface area contributed by atoms with Gasteiger partial charge in [-0.25, -0.2) is 4.79 Å². The van der Waals surface area contributed by atoms with Crippen LogP contribution < -0.4 is 0 Å². The zero-order chi connectivity index (χ0) is 112. The first kappa shape index (κ1) is 146. The molecule has 0 atom stereocenters. The first-order valence-electron chi connectivity index (χ1n) is 49.5. The molecule has 2 heterocycles. The van der Waals surface area contributed by atoms with Gasteiger partial charge in [-0.15, -0.1) is 0 Å². The maximum absolute atomic E-state index is 11.7. The van der Waals surface area contributed by atoms with E-state index in [0.717, 1.165) is 110 Å². The van der Waals surface area contributed by atoms with Crippen LogP contribution in [0.1, 0.15) is 297 Å². The number of piperidine rings is 1. The van der Waals surface area contributed by atoms with Crippen LogP contribution in [-0.4, -0.2) is 180 Å². The zero-order valence-corrected chi connectivity index (χ0v) is 94.6. The van der Waals surface area contributed by atoms with Crippen molar-refractivity contribution in [1.82, 2.24) is 19.6 Å². The lowest BCUT2D eigenvalue weighted by atomic mass is 9.84. The molecule has 0 spiro atoms. The summed E-state index contributed by atoms with van der Waals surface area (Å²) in [7, 11) is 5.55. The summed E-state index contributed by atoms with van der Waals surface area (Å²) in [5, 5.41) is 0.125. The number of Topliss-reactive ketones (excluding diaryl/α,β-unsaturated/α-hetero) is 10. The molecule has 0 saturated carbocycles. The van der Waals surface area contributed by atoms with Gasteiger partial charge >= 0.3 is 12.3 Å². The van der Waals surface area contributed by atoms with Crippen molar-refractivity contribution in [2.45, 2.75) is 304 Å². The molecule has 2 aromatic rings. The third-order valence-corrected chi connectivity index (χ3v) is 20.4. The second-order valence-electron chi connectivity index (χ2n) is 40.6. The topological polar surface area (TPSA) is 244 Å². The summed E-state index contributed by atoms with van der Waals surface area (Å²) in [4.78, 5) is 154. The lowest BCUT2D eigenvalue weighted by Crippen LogP contribution is -2.52. The summed E-state index contributed by atoms with van der Waals surface area (Å²) >= 11 is 5.28. The second-order valence-corrected chi connectivity index (χ2v) is 41.1. The van der Waals surface area contributed by atoms with Crippen molar-refractivity contribution < 1.29 is 80.2 Å². The molecule has 2 fully saturated rings. The van der Waals surface area contributed by atoms with Crippen LogP contribution in [0.15, 0.2) is 200 Å². The number of alkyl halides is 3. The van der Waals surface area contributed by atoms with Gasteiger partial charge in [0, 0.05) is 140 Å². The number of likely N-dealkylation sites (N-methyl/N-ethyl adjacent to an activating group) is 1. The largest absolute Gasteiger partial charge is 0.444 e. The standard InChI is InChI=1S/C14H25NO3.C13H16O.2C12H21NO.C12H14O.C9H17NO.C9H16O.3C8H14O.C7H9F3O.C6H9ClO/c1-11(2)12(16)9-7-8-10-15(6)13(17)18-14(3,4)5;1-10(2)13(14)11(3)9-12-7-5-4-6-8-12;1-10(2)11(14)6-5-7-13-8-12(3,4)9-13;1-10(2)12(14)11(3)9-13-7-5-4-6-8-13;1-9(2)12(13)10(3)11-7-5-4-6-8-11;1-7(2)9(11)8(3)6-10(4)5;1-5-6-8(4)9(10)7(2)3;3*1-5-7(4)8(9)6(2)3;1-4(2)6(11)5(3)7(8,9)10;1-4(2)6(8)5(3)7/h7,9,11H,8,10H2,1-6H3;4-8,10H,3,9H2,1-2H3;5-6,10H,7-9H2,1-4H3;10H,3-9H2,1-2H3;4-9H,3H2,1-2H3;7H,3,6H2,1-2,4-5H3;7H,4-6H2,1-3H3;3*6H,4-5H2,1-3H3;4H,3H2,1-2H3;4H,3H2,1-2H3/b9-7+;;6-5+;;;;;;;;;. The molecule has 0 radical (unpaired) electrons. The van der Waals surface area contributed by atoms with Crippen molar-refractivity contribution in [2.75, 3.05) is 73.5 Å². The molecule has 0 aliphatic carbocycles. The van der Waals surface area contributed by atoms with Crippen molar-refractivity contribution in [3.05, 3.63) is 212 Å². The molecule has 1 amide bonds. The Labute approximate surface area is 853 Å². The van der Waals surface area contributed by atoms with E-state index in [2.05, 4.69) is 96.4 Å². The monoisotopic (exact) mass is 1980 g/mol. The average Bonchev–Trinajstić information content (AvgIpc) is 0.822. The predicted molar refractivity (Wildman–Crippen MR) is 585 cm³/mol. The Morgan fingerprint density at radius 1 is 0.421 bits per heavy atom. The number of nitrogens with zero attached hydrogens (tertiary/aromatic N) is 4. The summed E-state index contributed by atoms with van der Waals surface area (Å²) in [6.45, 7) is 106. The van der Waals surface area contributed by atoms with E-state index in [-0.39, 0.29) is 140 Å². The lowest BCUT2D eigenvalue weighted by molar-refractivity contribution is -0.131. The van der Waals surface area contributed by atoms with Crippen molar-refractivity contribution in [3.63, 3.8) is 0 Å². The average molecular weight is 1980 g/mol. The number of carbonyl (C=O) groups is 13. The molecule has 4 rings (SSSR count). The molecule has 2 aliphatic rings. The molecule has 22 heteroatoms. The Balaban J connectivity index is -0.000000228. The van der Waals surface area contributed by atoms with Gasteiger partial charge in [-0.1, -0.05) is 371 Å². The summed E-state index contributed by atoms with van der Waals surface area (Å²) in [5.41, 5.74) is 6.58. The highest BCUT2D eigenvalue weighted by atomic mass is 35.5. The van der Waals surface area contributed by atoms with E-state index >= 15 is 0 Å². The van der Waals surface area contributed by atoms with E-state index in [4.69, 9.17) is 16.3 Å². The maximum atomic E-state index is 11.7. The second kappa shape index (κ2) is 79.1. The van der Waals surface area contributed by atoms with E-state index in [9.17, 15) is 75.5 Å². The van der Waals surface area contributed by atoms with Gasteiger partial charge in [0.05, 0.1) is 10.6 Å². The molecule has 140 heavy (non-hydrogen) atoms. The van der Waals surface area contributed by atoms with Crippen molar-refractivity contribution in [2.24, 2.45) is 76.4 Å². The van der Waals surface area contributed by atoms with Gasteiger partial charge in [0.2, 0.25) is 0 Å². The molecule has 2 aromatic carbocycles. The number of likely N-dealkylation sites (tertiary alicyclic amines) is 2. The number of halogens is 4. The van der Waals surface area contributed by atoms with E-state index < -0.39 is 29.1 Å². The Kier molecular flexibility index (Phi) is 82.5. The number of benzene rings is 2. The van der Waals surface area contributed by atoms with E-state index in [1.165, 1.54) is 38.0 Å². The molecule has 794 valence electrons. The molecule has 2 aliphatic heterocycles. The molecule has 0 N–H and O–H groups in total. The third kappa shape index (κ3) is 76.3. The molecular formula is C118H190ClF3N4O14. The van der Waals surface area contributed by atoms with Gasteiger partial charge in [0.15, 0.2) is 69.4 Å². The van der Waals surface area contributed by atoms with Crippen LogP contribution in [0.4, 0.5) is 18.0 Å². The van der Waals surface area contributed by atoms with Crippen LogP contribution in [0.2, 0.25) is 0 Å². The van der Waals surface area contributed by atoms with Crippen molar-refractivity contribution in [3.8, 4) is 0 Å². The van der Waals surface area contributed by atoms with Gasteiger partial charge in [0.1, 0.15) is 5.60 Å². The highest BCUT2D eigenvalue weighted by Gasteiger charge is 2.37. The van der Waals surface area contributed by atoms with E-state index in [1.807, 2.05) is 266 Å². The molecule has 0 bridgehead atoms. The molecule has 0 aromatic heterocycles. The van der Waals surface area contributed by atoms with Crippen LogP contribution >= 0.6 is 11.6 Å². The summed E-state index contributed by atoms with van der Waals surface area (Å²) < 4.78 is 40.4. The quantitative estimate of drug-likeness (QED) is 0.0562. The number of rotatable bonds is 41. The van der Waals surface area contributed by atoms with E-state index in [0.29, 0.717) is 48.1 Å². The number of hydrogen-bond acceptors (Lipinski definition) is 17. The number of allylic oxidation sites excluding steroid dienone is 10. The fourth-order valence-electron chi connectivity index (χ4n) is 11.5. The minimum atomic E-state index is -4.58. The minimum absolute atomic E-state index is 0.0184. The highest BCUT2D eigenvalue weighted by molar-refractivity contribution is 6.42. The van der Waals surface area contributed by atoms with Crippen LogP contribution in [0, 0.1) is 76.4 Å². The first-order chi connectivity index (χ1) is 64.0. The third-order valence-electron chi connectivity index (χ3n) is 20.2. The molecule has 18 nitrogen and oxygen atoms in total. The number of amides is 1. The molecule has 2 saturated heterocycles.